The van der Waals surface area contributed by atoms with Gasteiger partial charge in [-0.2, -0.15) is 0 Å². The largest absolute Gasteiger partial charge is 0.378 e. The minimum atomic E-state index is -0.130. The second-order valence-electron chi connectivity index (χ2n) is 8.92. The van der Waals surface area contributed by atoms with Crippen LogP contribution in [0.2, 0.25) is 0 Å². The number of nitrogens with one attached hydrogen (secondary N) is 2. The lowest BCUT2D eigenvalue weighted by Crippen LogP contribution is -2.45. The molecule has 1 aliphatic carbocycles. The predicted molar refractivity (Wildman–Crippen MR) is 132 cm³/mol. The van der Waals surface area contributed by atoms with E-state index in [1.807, 2.05) is 39.5 Å². The van der Waals surface area contributed by atoms with E-state index in [4.69, 9.17) is 0 Å². The van der Waals surface area contributed by atoms with Gasteiger partial charge in [-0.3, -0.25) is 4.79 Å². The molecule has 0 unspecified atom stereocenters. The van der Waals surface area contributed by atoms with Crippen LogP contribution in [-0.2, 0) is 6.54 Å². The second kappa shape index (κ2) is 9.09. The summed E-state index contributed by atoms with van der Waals surface area (Å²) in [6.45, 7) is 2.53. The molecule has 0 aliphatic heterocycles. The van der Waals surface area contributed by atoms with Crippen LogP contribution in [0.5, 0.6) is 0 Å². The standard InChI is InChI=1S/C25H28N8O/c1-16-5-4-6-21(30-16)25(34)31-18-11-20(12-18)33-15-29-22-23(27-14-28-24(22)33)26-13-17-7-9-19(10-8-17)32(2)3/h4-10,14-15,18,20H,11-13H2,1-3H3,(H,31,34)(H,26,27,28). The summed E-state index contributed by atoms with van der Waals surface area (Å²) < 4.78 is 2.08. The zero-order valence-corrected chi connectivity index (χ0v) is 19.6. The lowest BCUT2D eigenvalue weighted by molar-refractivity contribution is 0.0889. The number of nitrogens with zero attached hydrogens (tertiary/aromatic N) is 6. The number of fused-ring (bicyclic) bond motifs is 1. The summed E-state index contributed by atoms with van der Waals surface area (Å²) >= 11 is 0. The van der Waals surface area contributed by atoms with Gasteiger partial charge in [-0.15, -0.1) is 0 Å². The number of aromatic nitrogens is 5. The van der Waals surface area contributed by atoms with Gasteiger partial charge in [-0.25, -0.2) is 19.9 Å². The van der Waals surface area contributed by atoms with E-state index in [1.54, 1.807) is 12.4 Å². The van der Waals surface area contributed by atoms with Crippen LogP contribution in [-0.4, -0.2) is 50.5 Å². The first kappa shape index (κ1) is 21.8. The Kier molecular flexibility index (Phi) is 5.83. The van der Waals surface area contributed by atoms with E-state index in [0.29, 0.717) is 12.2 Å². The number of benzene rings is 1. The van der Waals surface area contributed by atoms with Gasteiger partial charge in [0.05, 0.1) is 6.33 Å². The average Bonchev–Trinajstić information content (AvgIpc) is 3.24. The van der Waals surface area contributed by atoms with Gasteiger partial charge in [0.2, 0.25) is 0 Å². The van der Waals surface area contributed by atoms with E-state index in [9.17, 15) is 4.79 Å². The third-order valence-electron chi connectivity index (χ3n) is 6.23. The lowest BCUT2D eigenvalue weighted by atomic mass is 9.86. The first-order chi connectivity index (χ1) is 16.5. The van der Waals surface area contributed by atoms with Crippen LogP contribution in [0.4, 0.5) is 11.5 Å². The number of imidazole rings is 1. The molecule has 0 saturated heterocycles. The molecule has 0 spiro atoms. The number of amides is 1. The Labute approximate surface area is 198 Å². The third kappa shape index (κ3) is 4.41. The molecule has 9 heteroatoms. The minimum Gasteiger partial charge on any atom is -0.378 e. The van der Waals surface area contributed by atoms with Gasteiger partial charge in [-0.1, -0.05) is 18.2 Å². The Morgan fingerprint density at radius 1 is 1.09 bits per heavy atom. The van der Waals surface area contributed by atoms with Crippen LogP contribution in [0.15, 0.2) is 55.1 Å². The molecule has 0 atom stereocenters. The molecule has 34 heavy (non-hydrogen) atoms. The summed E-state index contributed by atoms with van der Waals surface area (Å²) in [4.78, 5) is 32.3. The molecular formula is C25H28N8O. The van der Waals surface area contributed by atoms with Crippen molar-refractivity contribution in [2.75, 3.05) is 24.3 Å². The molecule has 174 valence electrons. The van der Waals surface area contributed by atoms with Crippen molar-refractivity contribution in [2.24, 2.45) is 0 Å². The van der Waals surface area contributed by atoms with Crippen LogP contribution < -0.4 is 15.5 Å². The maximum absolute atomic E-state index is 12.5. The molecule has 1 fully saturated rings. The maximum atomic E-state index is 12.5. The highest BCUT2D eigenvalue weighted by atomic mass is 16.1. The molecule has 1 aliphatic rings. The topological polar surface area (TPSA) is 101 Å². The van der Waals surface area contributed by atoms with Crippen molar-refractivity contribution in [1.29, 1.82) is 0 Å². The van der Waals surface area contributed by atoms with Gasteiger partial charge in [0.1, 0.15) is 17.5 Å². The Morgan fingerprint density at radius 3 is 2.62 bits per heavy atom. The SMILES string of the molecule is Cc1cccc(C(=O)NC2CC(n3cnc4c(NCc5ccc(N(C)C)cc5)ncnc43)C2)n1. The van der Waals surface area contributed by atoms with Crippen molar-refractivity contribution in [2.45, 2.75) is 38.4 Å². The number of hydrogen-bond donors (Lipinski definition) is 2. The lowest BCUT2D eigenvalue weighted by Gasteiger charge is -2.36. The molecule has 4 aromatic rings. The first-order valence-electron chi connectivity index (χ1n) is 11.4. The van der Waals surface area contributed by atoms with Gasteiger partial charge in [0.15, 0.2) is 11.5 Å². The van der Waals surface area contributed by atoms with Gasteiger partial charge in [-0.05, 0) is 49.6 Å². The predicted octanol–water partition coefficient (Wildman–Crippen LogP) is 3.34. The number of carbonyl (C=O) groups excluding carboxylic acids is 1. The van der Waals surface area contributed by atoms with Crippen LogP contribution in [0, 0.1) is 6.92 Å². The Bertz CT molecular complexity index is 1310. The third-order valence-corrected chi connectivity index (χ3v) is 6.23. The molecule has 1 saturated carbocycles. The Hall–Kier alpha value is -4.01. The highest BCUT2D eigenvalue weighted by Gasteiger charge is 2.33. The highest BCUT2D eigenvalue weighted by Crippen LogP contribution is 2.35. The van der Waals surface area contributed by atoms with Crippen molar-refractivity contribution in [1.82, 2.24) is 29.8 Å². The highest BCUT2D eigenvalue weighted by molar-refractivity contribution is 5.92. The summed E-state index contributed by atoms with van der Waals surface area (Å²) in [5.74, 6) is 0.588. The van der Waals surface area contributed by atoms with E-state index in [2.05, 4.69) is 64.3 Å². The maximum Gasteiger partial charge on any atom is 0.270 e. The van der Waals surface area contributed by atoms with Crippen molar-refractivity contribution in [3.63, 3.8) is 0 Å². The van der Waals surface area contributed by atoms with E-state index < -0.39 is 0 Å². The number of rotatable bonds is 7. The molecular weight excluding hydrogens is 428 g/mol. The Morgan fingerprint density at radius 2 is 1.88 bits per heavy atom. The van der Waals surface area contributed by atoms with Crippen molar-refractivity contribution in [3.8, 4) is 0 Å². The fourth-order valence-electron chi connectivity index (χ4n) is 4.21. The molecule has 1 aromatic carbocycles. The van der Waals surface area contributed by atoms with Gasteiger partial charge in [0, 0.05) is 44.1 Å². The molecule has 2 N–H and O–H groups in total. The van der Waals surface area contributed by atoms with Crippen LogP contribution >= 0.6 is 0 Å². The monoisotopic (exact) mass is 456 g/mol. The minimum absolute atomic E-state index is 0.113. The smallest absolute Gasteiger partial charge is 0.270 e. The Balaban J connectivity index is 1.22. The second-order valence-corrected chi connectivity index (χ2v) is 8.92. The summed E-state index contributed by atoms with van der Waals surface area (Å²) in [5.41, 5.74) is 5.17. The molecule has 0 bridgehead atoms. The van der Waals surface area contributed by atoms with Gasteiger partial charge < -0.3 is 20.1 Å². The fourth-order valence-corrected chi connectivity index (χ4v) is 4.21. The van der Waals surface area contributed by atoms with Crippen LogP contribution in [0.1, 0.15) is 40.6 Å². The quantitative estimate of drug-likeness (QED) is 0.440. The molecule has 5 rings (SSSR count). The van der Waals surface area contributed by atoms with E-state index in [-0.39, 0.29) is 18.0 Å². The van der Waals surface area contributed by atoms with Crippen molar-refractivity contribution in [3.05, 3.63) is 72.1 Å². The van der Waals surface area contributed by atoms with E-state index >= 15 is 0 Å². The summed E-state index contributed by atoms with van der Waals surface area (Å²) in [6.07, 6.45) is 5.04. The number of carbonyl (C=O) groups is 1. The first-order valence-corrected chi connectivity index (χ1v) is 11.4. The molecule has 3 aromatic heterocycles. The van der Waals surface area contributed by atoms with Crippen LogP contribution in [0.25, 0.3) is 11.2 Å². The molecule has 1 amide bonds. The molecule has 0 radical (unpaired) electrons. The van der Waals surface area contributed by atoms with E-state index in [0.717, 1.165) is 46.8 Å². The molecule has 3 heterocycles. The number of pyridine rings is 1. The summed E-state index contributed by atoms with van der Waals surface area (Å²) in [5, 5.41) is 6.47. The normalized spacial score (nSPS) is 17.3. The number of aryl methyl sites for hydroxylation is 1. The number of hydrogen-bond acceptors (Lipinski definition) is 7. The van der Waals surface area contributed by atoms with Gasteiger partial charge in [0.25, 0.3) is 5.91 Å². The molecule has 9 nitrogen and oxygen atoms in total. The zero-order chi connectivity index (χ0) is 23.7. The summed E-state index contributed by atoms with van der Waals surface area (Å²) in [7, 11) is 4.06. The van der Waals surface area contributed by atoms with Gasteiger partial charge >= 0.3 is 0 Å². The summed E-state index contributed by atoms with van der Waals surface area (Å²) in [6, 6.07) is 14.2. The van der Waals surface area contributed by atoms with Crippen molar-refractivity contribution < 1.29 is 4.79 Å². The van der Waals surface area contributed by atoms with Crippen LogP contribution in [0.3, 0.4) is 0 Å². The average molecular weight is 457 g/mol. The van der Waals surface area contributed by atoms with E-state index in [1.165, 1.54) is 0 Å². The zero-order valence-electron chi connectivity index (χ0n) is 19.6. The fraction of sp³-hybridized carbons (Fsp3) is 0.320. The number of anilines is 2. The van der Waals surface area contributed by atoms with Crippen molar-refractivity contribution >= 4 is 28.6 Å².